The van der Waals surface area contributed by atoms with Gasteiger partial charge >= 0.3 is 0 Å². The lowest BCUT2D eigenvalue weighted by molar-refractivity contribution is -0.116. The van der Waals surface area contributed by atoms with Gasteiger partial charge in [-0.2, -0.15) is 0 Å². The van der Waals surface area contributed by atoms with Crippen LogP contribution in [-0.4, -0.2) is 19.0 Å². The van der Waals surface area contributed by atoms with E-state index in [-0.39, 0.29) is 5.91 Å². The van der Waals surface area contributed by atoms with Crippen LogP contribution in [0.15, 0.2) is 48.5 Å². The summed E-state index contributed by atoms with van der Waals surface area (Å²) in [5.74, 6) is 1.60. The Morgan fingerprint density at radius 1 is 0.903 bits per heavy atom. The van der Waals surface area contributed by atoms with Gasteiger partial charge in [-0.05, 0) is 53.9 Å². The summed E-state index contributed by atoms with van der Waals surface area (Å²) in [7, 11) is 0. The highest BCUT2D eigenvalue weighted by atomic mass is 16.1. The molecule has 1 aliphatic carbocycles. The fraction of sp³-hybridized carbons (Fsp3) is 0.536. The number of hydrogen-bond acceptors (Lipinski definition) is 2. The lowest BCUT2D eigenvalue weighted by Gasteiger charge is -2.31. The Kier molecular flexibility index (Phi) is 8.57. The van der Waals surface area contributed by atoms with Crippen LogP contribution in [0, 0.1) is 5.92 Å². The van der Waals surface area contributed by atoms with Crippen LogP contribution in [0.1, 0.15) is 89.2 Å². The van der Waals surface area contributed by atoms with Crippen LogP contribution in [0.4, 0.5) is 11.4 Å². The summed E-state index contributed by atoms with van der Waals surface area (Å²) in [6, 6.07) is 17.0. The standard InChI is InChI=1S/C28H40N2O/c1-21(2)25-16-11-17-26(22(3)4)28(25)29-27(31)18-19-30(24-14-9-6-10-15-24)20-23-12-7-5-8-13-23/h6,9-11,14-17,21-23H,5,7-8,12-13,18-20H2,1-4H3,(H,29,31). The molecule has 2 aromatic carbocycles. The van der Waals surface area contributed by atoms with Crippen molar-refractivity contribution in [1.82, 2.24) is 0 Å². The first-order valence-corrected chi connectivity index (χ1v) is 12.2. The van der Waals surface area contributed by atoms with Gasteiger partial charge in [-0.1, -0.05) is 83.4 Å². The fourth-order valence-electron chi connectivity index (χ4n) is 4.78. The number of benzene rings is 2. The van der Waals surface area contributed by atoms with E-state index in [1.165, 1.54) is 48.9 Å². The van der Waals surface area contributed by atoms with Crippen molar-refractivity contribution < 1.29 is 4.79 Å². The highest BCUT2D eigenvalue weighted by Gasteiger charge is 2.20. The van der Waals surface area contributed by atoms with Gasteiger partial charge in [0, 0.05) is 30.9 Å². The van der Waals surface area contributed by atoms with Crippen LogP contribution < -0.4 is 10.2 Å². The Balaban J connectivity index is 1.70. The van der Waals surface area contributed by atoms with Gasteiger partial charge in [0.05, 0.1) is 0 Å². The molecule has 2 aromatic rings. The van der Waals surface area contributed by atoms with E-state index < -0.39 is 0 Å². The maximum Gasteiger partial charge on any atom is 0.226 e. The zero-order valence-corrected chi connectivity index (χ0v) is 19.9. The average molecular weight is 421 g/mol. The van der Waals surface area contributed by atoms with Crippen molar-refractivity contribution in [2.45, 2.75) is 78.1 Å². The number of carbonyl (C=O) groups is 1. The number of para-hydroxylation sites is 2. The Hall–Kier alpha value is -2.29. The molecule has 0 saturated heterocycles. The minimum atomic E-state index is 0.111. The SMILES string of the molecule is CC(C)c1cccc(C(C)C)c1NC(=O)CCN(CC1CCCCC1)c1ccccc1. The first-order valence-electron chi connectivity index (χ1n) is 12.2. The normalized spacial score (nSPS) is 14.8. The first kappa shape index (κ1) is 23.4. The largest absolute Gasteiger partial charge is 0.371 e. The molecule has 0 unspecified atom stereocenters. The molecule has 0 radical (unpaired) electrons. The minimum Gasteiger partial charge on any atom is -0.371 e. The van der Waals surface area contributed by atoms with E-state index in [1.54, 1.807) is 0 Å². The van der Waals surface area contributed by atoms with E-state index in [9.17, 15) is 4.79 Å². The number of anilines is 2. The number of rotatable bonds is 9. The lowest BCUT2D eigenvalue weighted by atomic mass is 9.89. The van der Waals surface area contributed by atoms with Crippen LogP contribution >= 0.6 is 0 Å². The number of hydrogen-bond donors (Lipinski definition) is 1. The number of nitrogens with zero attached hydrogens (tertiary/aromatic N) is 1. The lowest BCUT2D eigenvalue weighted by Crippen LogP contribution is -2.33. The molecule has 31 heavy (non-hydrogen) atoms. The van der Waals surface area contributed by atoms with Gasteiger partial charge in [0.15, 0.2) is 0 Å². The molecule has 168 valence electrons. The molecule has 0 bridgehead atoms. The van der Waals surface area contributed by atoms with Gasteiger partial charge in [0.2, 0.25) is 5.91 Å². The summed E-state index contributed by atoms with van der Waals surface area (Å²) >= 11 is 0. The highest BCUT2D eigenvalue weighted by Crippen LogP contribution is 2.32. The van der Waals surface area contributed by atoms with Gasteiger partial charge < -0.3 is 10.2 Å². The second-order valence-electron chi connectivity index (χ2n) is 9.70. The predicted octanol–water partition coefficient (Wildman–Crippen LogP) is 7.35. The molecule has 1 aliphatic rings. The molecule has 0 heterocycles. The summed E-state index contributed by atoms with van der Waals surface area (Å²) in [6.07, 6.45) is 7.20. The van der Waals surface area contributed by atoms with E-state index in [0.29, 0.717) is 18.3 Å². The Labute approximate surface area is 189 Å². The second kappa shape index (κ2) is 11.4. The van der Waals surface area contributed by atoms with Crippen molar-refractivity contribution in [2.75, 3.05) is 23.3 Å². The van der Waals surface area contributed by atoms with Crippen molar-refractivity contribution in [3.63, 3.8) is 0 Å². The van der Waals surface area contributed by atoms with Crippen LogP contribution in [0.25, 0.3) is 0 Å². The van der Waals surface area contributed by atoms with Gasteiger partial charge in [-0.3, -0.25) is 4.79 Å². The van der Waals surface area contributed by atoms with E-state index in [4.69, 9.17) is 0 Å². The molecule has 0 atom stereocenters. The van der Waals surface area contributed by atoms with Gasteiger partial charge in [-0.25, -0.2) is 0 Å². The van der Waals surface area contributed by atoms with Crippen LogP contribution in [0.2, 0.25) is 0 Å². The summed E-state index contributed by atoms with van der Waals surface area (Å²) in [4.78, 5) is 15.5. The Morgan fingerprint density at radius 3 is 2.10 bits per heavy atom. The number of nitrogens with one attached hydrogen (secondary N) is 1. The van der Waals surface area contributed by atoms with Crippen LogP contribution in [0.5, 0.6) is 0 Å². The smallest absolute Gasteiger partial charge is 0.226 e. The van der Waals surface area contributed by atoms with E-state index in [2.05, 4.69) is 86.4 Å². The summed E-state index contributed by atoms with van der Waals surface area (Å²) < 4.78 is 0. The molecule has 1 saturated carbocycles. The Morgan fingerprint density at radius 2 is 1.52 bits per heavy atom. The molecule has 1 N–H and O–H groups in total. The topological polar surface area (TPSA) is 32.3 Å². The van der Waals surface area contributed by atoms with Crippen molar-refractivity contribution in [2.24, 2.45) is 5.92 Å². The second-order valence-corrected chi connectivity index (χ2v) is 9.70. The van der Waals surface area contributed by atoms with Crippen LogP contribution in [0.3, 0.4) is 0 Å². The molecular formula is C28H40N2O. The molecule has 1 fully saturated rings. The third kappa shape index (κ3) is 6.59. The minimum absolute atomic E-state index is 0.111. The quantitative estimate of drug-likeness (QED) is 0.460. The predicted molar refractivity (Wildman–Crippen MR) is 133 cm³/mol. The summed E-state index contributed by atoms with van der Waals surface area (Å²) in [5, 5.41) is 3.29. The fourth-order valence-corrected chi connectivity index (χ4v) is 4.78. The summed E-state index contributed by atoms with van der Waals surface area (Å²) in [5.41, 5.74) is 4.70. The van der Waals surface area contributed by atoms with Gasteiger partial charge in [0.1, 0.15) is 0 Å². The first-order chi connectivity index (χ1) is 15.0. The third-order valence-electron chi connectivity index (χ3n) is 6.57. The molecule has 1 amide bonds. The summed E-state index contributed by atoms with van der Waals surface area (Å²) in [6.45, 7) is 10.6. The Bertz CT molecular complexity index is 796. The average Bonchev–Trinajstić information content (AvgIpc) is 2.77. The van der Waals surface area contributed by atoms with E-state index >= 15 is 0 Å². The van der Waals surface area contributed by atoms with Crippen molar-refractivity contribution in [1.29, 1.82) is 0 Å². The third-order valence-corrected chi connectivity index (χ3v) is 6.57. The number of amides is 1. The molecular weight excluding hydrogens is 380 g/mol. The molecule has 0 aromatic heterocycles. The molecule has 3 nitrogen and oxygen atoms in total. The van der Waals surface area contributed by atoms with E-state index in [0.717, 1.165) is 24.7 Å². The van der Waals surface area contributed by atoms with Crippen molar-refractivity contribution >= 4 is 17.3 Å². The maximum atomic E-state index is 13.1. The maximum absolute atomic E-state index is 13.1. The van der Waals surface area contributed by atoms with E-state index in [1.807, 2.05) is 0 Å². The highest BCUT2D eigenvalue weighted by molar-refractivity contribution is 5.93. The molecule has 3 heteroatoms. The zero-order valence-electron chi connectivity index (χ0n) is 19.9. The van der Waals surface area contributed by atoms with Crippen LogP contribution in [-0.2, 0) is 4.79 Å². The molecule has 0 aliphatic heterocycles. The monoisotopic (exact) mass is 420 g/mol. The van der Waals surface area contributed by atoms with Crippen molar-refractivity contribution in [3.8, 4) is 0 Å². The number of carbonyl (C=O) groups excluding carboxylic acids is 1. The van der Waals surface area contributed by atoms with Gasteiger partial charge in [-0.15, -0.1) is 0 Å². The molecule has 0 spiro atoms. The van der Waals surface area contributed by atoms with Gasteiger partial charge in [0.25, 0.3) is 0 Å². The molecule has 3 rings (SSSR count). The zero-order chi connectivity index (χ0) is 22.2. The van der Waals surface area contributed by atoms with Crippen molar-refractivity contribution in [3.05, 3.63) is 59.7 Å².